The van der Waals surface area contributed by atoms with Gasteiger partial charge >= 0.3 is 0 Å². The molecular weight excluding hydrogens is 344 g/mol. The van der Waals surface area contributed by atoms with Gasteiger partial charge in [-0.25, -0.2) is 0 Å². The van der Waals surface area contributed by atoms with Crippen LogP contribution in [0.5, 0.6) is 0 Å². The zero-order chi connectivity index (χ0) is 13.8. The Balaban J connectivity index is 2.03. The lowest BCUT2D eigenvalue weighted by Gasteiger charge is -2.16. The predicted molar refractivity (Wildman–Crippen MR) is 89.2 cm³/mol. The van der Waals surface area contributed by atoms with Crippen molar-refractivity contribution in [2.45, 2.75) is 43.8 Å². The summed E-state index contributed by atoms with van der Waals surface area (Å²) in [7, 11) is 0. The summed E-state index contributed by atoms with van der Waals surface area (Å²) in [5.74, 6) is 0. The quantitative estimate of drug-likeness (QED) is 0.268. The molecule has 1 N–H and O–H groups in total. The second-order valence-electron chi connectivity index (χ2n) is 4.68. The molecule has 0 aromatic heterocycles. The molecule has 2 rings (SSSR count). The maximum absolute atomic E-state index is 6.17. The van der Waals surface area contributed by atoms with E-state index in [0.29, 0.717) is 25.3 Å². The summed E-state index contributed by atoms with van der Waals surface area (Å²) in [4.78, 5) is 0. The van der Waals surface area contributed by atoms with Gasteiger partial charge in [-0.05, 0) is 30.9 Å². The molecule has 1 aromatic rings. The molecule has 1 fully saturated rings. The van der Waals surface area contributed by atoms with Gasteiger partial charge in [0.15, 0.2) is 0 Å². The predicted octanol–water partition coefficient (Wildman–Crippen LogP) is 7.08. The van der Waals surface area contributed by atoms with Gasteiger partial charge in [0.2, 0.25) is 0 Å². The molecule has 1 aliphatic carbocycles. The average Bonchev–Trinajstić information content (AvgIpc) is 2.67. The van der Waals surface area contributed by atoms with Crippen LogP contribution in [0.15, 0.2) is 6.07 Å². The number of benzene rings is 1. The Hall–Kier alpha value is 0.530. The summed E-state index contributed by atoms with van der Waals surface area (Å²) >= 11 is 25.9. The van der Waals surface area contributed by atoms with Gasteiger partial charge in [-0.1, -0.05) is 72.1 Å². The summed E-state index contributed by atoms with van der Waals surface area (Å²) in [6.07, 6.45) is 7.77. The lowest BCUT2D eigenvalue weighted by molar-refractivity contribution is 0.702. The van der Waals surface area contributed by atoms with Crippen LogP contribution in [0.3, 0.4) is 0 Å². The molecule has 1 aliphatic rings. The summed E-state index contributed by atoms with van der Waals surface area (Å²) in [5.41, 5.74) is 0.732. The number of rotatable bonds is 3. The third-order valence-electron chi connectivity index (χ3n) is 3.24. The molecule has 0 unspecified atom stereocenters. The van der Waals surface area contributed by atoms with Crippen molar-refractivity contribution in [3.05, 3.63) is 26.2 Å². The first-order chi connectivity index (χ1) is 9.09. The standard InChI is InChI=1S/C13H15Cl4NS/c14-9-7-10(12(16)13(17)11(9)15)18-19-8-5-3-1-2-4-6-8/h7-8,18H,1-6H2. The SMILES string of the molecule is Clc1cc(NSC2CCCCCC2)c(Cl)c(Cl)c1Cl. The van der Waals surface area contributed by atoms with E-state index in [4.69, 9.17) is 46.4 Å². The maximum atomic E-state index is 6.17. The van der Waals surface area contributed by atoms with Crippen molar-refractivity contribution in [2.75, 3.05) is 4.72 Å². The summed E-state index contributed by atoms with van der Waals surface area (Å²) < 4.78 is 3.28. The highest BCUT2D eigenvalue weighted by Gasteiger charge is 2.16. The molecular formula is C13H15Cl4NS. The normalized spacial score (nSPS) is 17.3. The molecule has 0 spiro atoms. The maximum Gasteiger partial charge on any atom is 0.0848 e. The van der Waals surface area contributed by atoms with Gasteiger partial charge in [-0.15, -0.1) is 0 Å². The molecule has 6 heteroatoms. The molecule has 0 bridgehead atoms. The van der Waals surface area contributed by atoms with Gasteiger partial charge in [0.25, 0.3) is 0 Å². The zero-order valence-corrected chi connectivity index (χ0v) is 14.2. The third-order valence-corrected chi connectivity index (χ3v) is 6.13. The van der Waals surface area contributed by atoms with Crippen molar-refractivity contribution in [1.82, 2.24) is 0 Å². The summed E-state index contributed by atoms with van der Waals surface area (Å²) in [6, 6.07) is 1.72. The van der Waals surface area contributed by atoms with Gasteiger partial charge in [-0.2, -0.15) is 0 Å². The molecule has 0 heterocycles. The first kappa shape index (κ1) is 15.9. The van der Waals surface area contributed by atoms with Crippen LogP contribution in [0.25, 0.3) is 0 Å². The lowest BCUT2D eigenvalue weighted by atomic mass is 10.2. The van der Waals surface area contributed by atoms with E-state index in [1.807, 2.05) is 0 Å². The van der Waals surface area contributed by atoms with E-state index in [1.165, 1.54) is 38.5 Å². The summed E-state index contributed by atoms with van der Waals surface area (Å²) in [5, 5.41) is 2.07. The molecule has 0 aliphatic heterocycles. The van der Waals surface area contributed by atoms with E-state index in [-0.39, 0.29) is 0 Å². The van der Waals surface area contributed by atoms with Gasteiger partial charge in [0.05, 0.1) is 25.8 Å². The Morgan fingerprint density at radius 2 is 1.53 bits per heavy atom. The average molecular weight is 359 g/mol. The van der Waals surface area contributed by atoms with Crippen LogP contribution in [-0.2, 0) is 0 Å². The third kappa shape index (κ3) is 4.25. The fraction of sp³-hybridized carbons (Fsp3) is 0.538. The van der Waals surface area contributed by atoms with E-state index >= 15 is 0 Å². The van der Waals surface area contributed by atoms with Crippen molar-refractivity contribution in [2.24, 2.45) is 0 Å². The highest BCUT2D eigenvalue weighted by atomic mass is 35.5. The second kappa shape index (κ2) is 7.51. The van der Waals surface area contributed by atoms with E-state index < -0.39 is 0 Å². The smallest absolute Gasteiger partial charge is 0.0848 e. The monoisotopic (exact) mass is 357 g/mol. The Morgan fingerprint density at radius 3 is 2.16 bits per heavy atom. The minimum Gasteiger partial charge on any atom is -0.328 e. The molecule has 1 saturated carbocycles. The molecule has 0 atom stereocenters. The minimum absolute atomic E-state index is 0.304. The Bertz CT molecular complexity index is 445. The first-order valence-electron chi connectivity index (χ1n) is 6.34. The molecule has 106 valence electrons. The van der Waals surface area contributed by atoms with Crippen molar-refractivity contribution < 1.29 is 0 Å². The Morgan fingerprint density at radius 1 is 0.895 bits per heavy atom. The Labute approximate surface area is 138 Å². The van der Waals surface area contributed by atoms with Gasteiger partial charge < -0.3 is 4.72 Å². The van der Waals surface area contributed by atoms with Gasteiger partial charge in [0, 0.05) is 5.25 Å². The minimum atomic E-state index is 0.304. The van der Waals surface area contributed by atoms with Crippen LogP contribution < -0.4 is 4.72 Å². The van der Waals surface area contributed by atoms with Crippen molar-refractivity contribution >= 4 is 64.0 Å². The van der Waals surface area contributed by atoms with E-state index in [9.17, 15) is 0 Å². The largest absolute Gasteiger partial charge is 0.328 e. The van der Waals surface area contributed by atoms with Crippen LogP contribution >= 0.6 is 58.4 Å². The topological polar surface area (TPSA) is 12.0 Å². The lowest BCUT2D eigenvalue weighted by Crippen LogP contribution is -2.04. The molecule has 19 heavy (non-hydrogen) atoms. The van der Waals surface area contributed by atoms with Gasteiger partial charge in [-0.3, -0.25) is 0 Å². The molecule has 1 nitrogen and oxygen atoms in total. The number of anilines is 1. The number of hydrogen-bond donors (Lipinski definition) is 1. The molecule has 0 amide bonds. The van der Waals surface area contributed by atoms with Crippen LogP contribution in [0.1, 0.15) is 38.5 Å². The first-order valence-corrected chi connectivity index (χ1v) is 8.73. The fourth-order valence-corrected chi connectivity index (χ4v) is 4.08. The molecule has 0 saturated heterocycles. The fourth-order valence-electron chi connectivity index (χ4n) is 2.15. The van der Waals surface area contributed by atoms with Crippen molar-refractivity contribution in [3.8, 4) is 0 Å². The van der Waals surface area contributed by atoms with Crippen LogP contribution in [-0.4, -0.2) is 5.25 Å². The van der Waals surface area contributed by atoms with Crippen LogP contribution in [0, 0.1) is 0 Å². The van der Waals surface area contributed by atoms with Crippen molar-refractivity contribution in [3.63, 3.8) is 0 Å². The zero-order valence-electron chi connectivity index (χ0n) is 10.3. The molecule has 1 aromatic carbocycles. The van der Waals surface area contributed by atoms with Gasteiger partial charge in [0.1, 0.15) is 0 Å². The van der Waals surface area contributed by atoms with Crippen LogP contribution in [0.2, 0.25) is 20.1 Å². The van der Waals surface area contributed by atoms with Crippen molar-refractivity contribution in [1.29, 1.82) is 0 Å². The van der Waals surface area contributed by atoms with E-state index in [1.54, 1.807) is 18.0 Å². The number of halogens is 4. The van der Waals surface area contributed by atoms with E-state index in [0.717, 1.165) is 5.69 Å². The summed E-state index contributed by atoms with van der Waals surface area (Å²) in [6.45, 7) is 0. The number of nitrogens with one attached hydrogen (secondary N) is 1. The second-order valence-corrected chi connectivity index (χ2v) is 7.33. The highest BCUT2D eigenvalue weighted by Crippen LogP contribution is 2.42. The molecule has 0 radical (unpaired) electrons. The highest BCUT2D eigenvalue weighted by molar-refractivity contribution is 8.01. The number of hydrogen-bond acceptors (Lipinski definition) is 2. The van der Waals surface area contributed by atoms with E-state index in [2.05, 4.69) is 4.72 Å². The van der Waals surface area contributed by atoms with Crippen LogP contribution in [0.4, 0.5) is 5.69 Å². The Kier molecular flexibility index (Phi) is 6.29.